The molecule has 1 heterocycles. The summed E-state index contributed by atoms with van der Waals surface area (Å²) in [5, 5.41) is 6.61. The number of hydrogen-bond donors (Lipinski definition) is 1. The number of thiazole rings is 1. The molecule has 4 heteroatoms. The summed E-state index contributed by atoms with van der Waals surface area (Å²) in [6.45, 7) is 12.2. The second-order valence-corrected chi connectivity index (χ2v) is 5.80. The monoisotopic (exact) mass is 256 g/mol. The molecule has 0 atom stereocenters. The largest absolute Gasteiger partial charge is 0.369 e. The highest BCUT2D eigenvalue weighted by Gasteiger charge is 2.24. The third-order valence-electron chi connectivity index (χ3n) is 2.51. The van der Waals surface area contributed by atoms with E-state index in [4.69, 9.17) is 4.74 Å². The molecule has 1 aromatic rings. The van der Waals surface area contributed by atoms with Gasteiger partial charge in [0, 0.05) is 31.0 Å². The summed E-state index contributed by atoms with van der Waals surface area (Å²) in [7, 11) is 0. The van der Waals surface area contributed by atoms with Crippen LogP contribution in [0.15, 0.2) is 5.38 Å². The zero-order valence-corrected chi connectivity index (χ0v) is 12.4. The molecule has 0 aliphatic heterocycles. The van der Waals surface area contributed by atoms with Crippen molar-refractivity contribution in [1.29, 1.82) is 0 Å². The van der Waals surface area contributed by atoms with E-state index in [0.29, 0.717) is 6.04 Å². The van der Waals surface area contributed by atoms with Crippen LogP contribution in [0.25, 0.3) is 0 Å². The van der Waals surface area contributed by atoms with Gasteiger partial charge in [-0.25, -0.2) is 4.98 Å². The van der Waals surface area contributed by atoms with Gasteiger partial charge in [0.25, 0.3) is 0 Å². The minimum Gasteiger partial charge on any atom is -0.369 e. The van der Waals surface area contributed by atoms with Crippen molar-refractivity contribution in [2.24, 2.45) is 0 Å². The van der Waals surface area contributed by atoms with E-state index < -0.39 is 0 Å². The van der Waals surface area contributed by atoms with Crippen molar-refractivity contribution in [3.8, 4) is 0 Å². The van der Waals surface area contributed by atoms with Crippen molar-refractivity contribution in [2.45, 2.75) is 52.7 Å². The minimum absolute atomic E-state index is 0.261. The molecule has 0 spiro atoms. The lowest BCUT2D eigenvalue weighted by Crippen LogP contribution is -2.25. The molecule has 17 heavy (non-hydrogen) atoms. The number of rotatable bonds is 7. The molecule has 3 nitrogen and oxygen atoms in total. The SMILES string of the molecule is CCOC(C)(C)c1nc(CCNC(C)C)cs1. The van der Waals surface area contributed by atoms with Crippen LogP contribution in [0.4, 0.5) is 0 Å². The van der Waals surface area contributed by atoms with Crippen molar-refractivity contribution in [3.63, 3.8) is 0 Å². The maximum Gasteiger partial charge on any atom is 0.124 e. The van der Waals surface area contributed by atoms with Crippen LogP contribution in [0.2, 0.25) is 0 Å². The predicted molar refractivity (Wildman–Crippen MR) is 73.6 cm³/mol. The van der Waals surface area contributed by atoms with Crippen LogP contribution >= 0.6 is 11.3 Å². The molecule has 0 aliphatic carbocycles. The first kappa shape index (κ1) is 14.6. The first-order chi connectivity index (χ1) is 7.95. The molecule has 0 amide bonds. The third kappa shape index (κ3) is 4.74. The fraction of sp³-hybridized carbons (Fsp3) is 0.769. The first-order valence-corrected chi connectivity index (χ1v) is 7.16. The average Bonchev–Trinajstić information content (AvgIpc) is 2.66. The first-order valence-electron chi connectivity index (χ1n) is 6.28. The van der Waals surface area contributed by atoms with Crippen LogP contribution < -0.4 is 5.32 Å². The van der Waals surface area contributed by atoms with Gasteiger partial charge in [0.2, 0.25) is 0 Å². The van der Waals surface area contributed by atoms with Gasteiger partial charge >= 0.3 is 0 Å². The summed E-state index contributed by atoms with van der Waals surface area (Å²) < 4.78 is 5.70. The fourth-order valence-corrected chi connectivity index (χ4v) is 2.54. The molecular formula is C13H24N2OS. The molecule has 0 fully saturated rings. The standard InChI is InChI=1S/C13H24N2OS/c1-6-16-13(4,5)12-15-11(9-17-12)7-8-14-10(2)3/h9-10,14H,6-8H2,1-5H3. The van der Waals surface area contributed by atoms with Gasteiger partial charge in [-0.2, -0.15) is 0 Å². The molecule has 0 saturated heterocycles. The Bertz CT molecular complexity index is 334. The maximum atomic E-state index is 5.70. The molecule has 1 rings (SSSR count). The van der Waals surface area contributed by atoms with Crippen LogP contribution in [0.5, 0.6) is 0 Å². The van der Waals surface area contributed by atoms with Crippen molar-refractivity contribution in [1.82, 2.24) is 10.3 Å². The summed E-state index contributed by atoms with van der Waals surface area (Å²) >= 11 is 1.69. The Hall–Kier alpha value is -0.450. The third-order valence-corrected chi connectivity index (χ3v) is 3.70. The molecule has 98 valence electrons. The highest BCUT2D eigenvalue weighted by atomic mass is 32.1. The molecular weight excluding hydrogens is 232 g/mol. The van der Waals surface area contributed by atoms with Gasteiger partial charge < -0.3 is 10.1 Å². The average molecular weight is 256 g/mol. The van der Waals surface area contributed by atoms with Gasteiger partial charge in [-0.3, -0.25) is 0 Å². The molecule has 0 aromatic carbocycles. The second-order valence-electron chi connectivity index (χ2n) is 4.95. The van der Waals surface area contributed by atoms with E-state index in [-0.39, 0.29) is 5.60 Å². The van der Waals surface area contributed by atoms with E-state index in [0.717, 1.165) is 30.3 Å². The number of hydrogen-bond acceptors (Lipinski definition) is 4. The quantitative estimate of drug-likeness (QED) is 0.814. The lowest BCUT2D eigenvalue weighted by atomic mass is 10.1. The van der Waals surface area contributed by atoms with Gasteiger partial charge in [-0.05, 0) is 20.8 Å². The van der Waals surface area contributed by atoms with Gasteiger partial charge in [-0.15, -0.1) is 11.3 Å². The van der Waals surface area contributed by atoms with Crippen molar-refractivity contribution < 1.29 is 4.74 Å². The normalized spacial score (nSPS) is 12.4. The fourth-order valence-electron chi connectivity index (χ4n) is 1.61. The Balaban J connectivity index is 2.53. The van der Waals surface area contributed by atoms with E-state index in [1.165, 1.54) is 0 Å². The Morgan fingerprint density at radius 1 is 1.47 bits per heavy atom. The Labute approximate surface area is 109 Å². The van der Waals surface area contributed by atoms with E-state index in [1.807, 2.05) is 6.92 Å². The highest BCUT2D eigenvalue weighted by Crippen LogP contribution is 2.27. The van der Waals surface area contributed by atoms with E-state index in [2.05, 4.69) is 43.4 Å². The zero-order chi connectivity index (χ0) is 12.9. The Morgan fingerprint density at radius 2 is 2.18 bits per heavy atom. The molecule has 0 aliphatic rings. The van der Waals surface area contributed by atoms with Crippen molar-refractivity contribution in [2.75, 3.05) is 13.2 Å². The summed E-state index contributed by atoms with van der Waals surface area (Å²) in [5.74, 6) is 0. The summed E-state index contributed by atoms with van der Waals surface area (Å²) in [6, 6.07) is 0.535. The molecule has 0 unspecified atom stereocenters. The Morgan fingerprint density at radius 3 is 2.76 bits per heavy atom. The second kappa shape index (κ2) is 6.47. The molecule has 1 N–H and O–H groups in total. The van der Waals surface area contributed by atoms with Gasteiger partial charge in [0.15, 0.2) is 0 Å². The van der Waals surface area contributed by atoms with E-state index >= 15 is 0 Å². The highest BCUT2D eigenvalue weighted by molar-refractivity contribution is 7.09. The number of nitrogens with one attached hydrogen (secondary N) is 1. The maximum absolute atomic E-state index is 5.70. The van der Waals surface area contributed by atoms with E-state index in [9.17, 15) is 0 Å². The lowest BCUT2D eigenvalue weighted by Gasteiger charge is -2.21. The molecule has 0 bridgehead atoms. The number of nitrogens with zero attached hydrogens (tertiary/aromatic N) is 1. The smallest absolute Gasteiger partial charge is 0.124 e. The van der Waals surface area contributed by atoms with Crippen LogP contribution in [0.3, 0.4) is 0 Å². The number of aromatic nitrogens is 1. The zero-order valence-electron chi connectivity index (χ0n) is 11.5. The van der Waals surface area contributed by atoms with Crippen LogP contribution in [-0.2, 0) is 16.8 Å². The van der Waals surface area contributed by atoms with Crippen molar-refractivity contribution in [3.05, 3.63) is 16.1 Å². The topological polar surface area (TPSA) is 34.1 Å². The Kier molecular flexibility index (Phi) is 5.56. The van der Waals surface area contributed by atoms with Crippen LogP contribution in [0, 0.1) is 0 Å². The molecule has 0 radical (unpaired) electrons. The van der Waals surface area contributed by atoms with E-state index in [1.54, 1.807) is 11.3 Å². The van der Waals surface area contributed by atoms with Crippen LogP contribution in [-0.4, -0.2) is 24.2 Å². The number of ether oxygens (including phenoxy) is 1. The summed E-state index contributed by atoms with van der Waals surface area (Å²) in [4.78, 5) is 4.65. The summed E-state index contributed by atoms with van der Waals surface area (Å²) in [6.07, 6.45) is 0.983. The lowest BCUT2D eigenvalue weighted by molar-refractivity contribution is -0.0142. The molecule has 1 aromatic heterocycles. The molecule has 0 saturated carbocycles. The predicted octanol–water partition coefficient (Wildman–Crippen LogP) is 2.96. The van der Waals surface area contributed by atoms with Gasteiger partial charge in [-0.1, -0.05) is 13.8 Å². The van der Waals surface area contributed by atoms with Gasteiger partial charge in [0.05, 0.1) is 5.69 Å². The van der Waals surface area contributed by atoms with Crippen molar-refractivity contribution >= 4 is 11.3 Å². The van der Waals surface area contributed by atoms with Gasteiger partial charge in [0.1, 0.15) is 10.6 Å². The van der Waals surface area contributed by atoms with Crippen LogP contribution in [0.1, 0.15) is 45.3 Å². The summed E-state index contributed by atoms with van der Waals surface area (Å²) in [5.41, 5.74) is 0.897. The minimum atomic E-state index is -0.261.